The third kappa shape index (κ3) is 4.99. The Hall–Kier alpha value is -1.91. The fourth-order valence-corrected chi connectivity index (χ4v) is 1.77. The molecule has 0 spiro atoms. The molecule has 0 aromatic heterocycles. The standard InChI is InChI=1S/C15H23NO4/c1-11(2)10-14(17)16-8-9-20-13-7-5-6-12(18-3)15(13)19-4/h5-7,11H,8-10H2,1-4H3,(H,16,17). The fourth-order valence-electron chi connectivity index (χ4n) is 1.77. The van der Waals surface area contributed by atoms with E-state index in [1.807, 2.05) is 19.9 Å². The maximum atomic E-state index is 11.5. The summed E-state index contributed by atoms with van der Waals surface area (Å²) in [7, 11) is 3.14. The van der Waals surface area contributed by atoms with Crippen LogP contribution in [0.4, 0.5) is 0 Å². The van der Waals surface area contributed by atoms with Gasteiger partial charge in [0.25, 0.3) is 0 Å². The molecule has 1 amide bonds. The average molecular weight is 281 g/mol. The van der Waals surface area contributed by atoms with E-state index < -0.39 is 0 Å². The minimum absolute atomic E-state index is 0.0428. The van der Waals surface area contributed by atoms with Crippen LogP contribution in [0.15, 0.2) is 18.2 Å². The molecule has 0 unspecified atom stereocenters. The molecule has 0 atom stereocenters. The summed E-state index contributed by atoms with van der Waals surface area (Å²) >= 11 is 0. The third-order valence-electron chi connectivity index (χ3n) is 2.64. The highest BCUT2D eigenvalue weighted by atomic mass is 16.5. The van der Waals surface area contributed by atoms with Gasteiger partial charge in [0.1, 0.15) is 6.61 Å². The van der Waals surface area contributed by atoms with Crippen molar-refractivity contribution >= 4 is 5.91 Å². The first-order chi connectivity index (χ1) is 9.58. The van der Waals surface area contributed by atoms with Crippen LogP contribution >= 0.6 is 0 Å². The summed E-state index contributed by atoms with van der Waals surface area (Å²) in [6, 6.07) is 5.43. The minimum atomic E-state index is 0.0428. The Morgan fingerprint density at radius 2 is 1.90 bits per heavy atom. The Bertz CT molecular complexity index is 432. The van der Waals surface area contributed by atoms with Crippen LogP contribution in [0.2, 0.25) is 0 Å². The number of hydrogen-bond donors (Lipinski definition) is 1. The van der Waals surface area contributed by atoms with Crippen LogP contribution in [0.25, 0.3) is 0 Å². The van der Waals surface area contributed by atoms with E-state index in [1.54, 1.807) is 26.4 Å². The number of amides is 1. The van der Waals surface area contributed by atoms with Gasteiger partial charge < -0.3 is 19.5 Å². The first-order valence-corrected chi connectivity index (χ1v) is 6.69. The lowest BCUT2D eigenvalue weighted by atomic mass is 10.1. The maximum Gasteiger partial charge on any atom is 0.220 e. The molecule has 20 heavy (non-hydrogen) atoms. The molecule has 5 heteroatoms. The van der Waals surface area contributed by atoms with E-state index in [0.29, 0.717) is 42.7 Å². The number of nitrogens with one attached hydrogen (secondary N) is 1. The van der Waals surface area contributed by atoms with Gasteiger partial charge in [-0.25, -0.2) is 0 Å². The Labute approximate surface area is 120 Å². The lowest BCUT2D eigenvalue weighted by Gasteiger charge is -2.14. The van der Waals surface area contributed by atoms with Crippen LogP contribution in [0.1, 0.15) is 20.3 Å². The molecule has 1 aromatic carbocycles. The number of rotatable bonds is 8. The number of para-hydroxylation sites is 1. The van der Waals surface area contributed by atoms with Gasteiger partial charge in [-0.3, -0.25) is 4.79 Å². The van der Waals surface area contributed by atoms with Crippen LogP contribution in [-0.4, -0.2) is 33.3 Å². The normalized spacial score (nSPS) is 10.2. The molecule has 0 radical (unpaired) electrons. The van der Waals surface area contributed by atoms with Crippen molar-refractivity contribution in [3.63, 3.8) is 0 Å². The molecule has 0 heterocycles. The van der Waals surface area contributed by atoms with Gasteiger partial charge in [-0.05, 0) is 18.1 Å². The summed E-state index contributed by atoms with van der Waals surface area (Å²) in [5.74, 6) is 2.18. The van der Waals surface area contributed by atoms with Crippen molar-refractivity contribution in [3.8, 4) is 17.2 Å². The molecule has 1 aromatic rings. The van der Waals surface area contributed by atoms with Gasteiger partial charge in [-0.2, -0.15) is 0 Å². The maximum absolute atomic E-state index is 11.5. The zero-order valence-electron chi connectivity index (χ0n) is 12.6. The highest BCUT2D eigenvalue weighted by Gasteiger charge is 2.10. The molecular weight excluding hydrogens is 258 g/mol. The number of carbonyl (C=O) groups is 1. The Kier molecular flexibility index (Phi) is 6.70. The number of hydrogen-bond acceptors (Lipinski definition) is 4. The molecular formula is C15H23NO4. The van der Waals surface area contributed by atoms with Crippen LogP contribution in [0.3, 0.4) is 0 Å². The summed E-state index contributed by atoms with van der Waals surface area (Å²) in [6.45, 7) is 4.87. The highest BCUT2D eigenvalue weighted by Crippen LogP contribution is 2.36. The van der Waals surface area contributed by atoms with Gasteiger partial charge in [-0.1, -0.05) is 19.9 Å². The van der Waals surface area contributed by atoms with Crippen molar-refractivity contribution in [1.29, 1.82) is 0 Å². The third-order valence-corrected chi connectivity index (χ3v) is 2.64. The van der Waals surface area contributed by atoms with Gasteiger partial charge in [0.15, 0.2) is 11.5 Å². The largest absolute Gasteiger partial charge is 0.493 e. The van der Waals surface area contributed by atoms with Crippen molar-refractivity contribution in [2.75, 3.05) is 27.4 Å². The quantitative estimate of drug-likeness (QED) is 0.742. The number of benzene rings is 1. The van der Waals surface area contributed by atoms with Gasteiger partial charge >= 0.3 is 0 Å². The smallest absolute Gasteiger partial charge is 0.220 e. The molecule has 0 saturated heterocycles. The summed E-state index contributed by atoms with van der Waals surface area (Å²) in [5, 5.41) is 2.81. The number of ether oxygens (including phenoxy) is 3. The lowest BCUT2D eigenvalue weighted by Crippen LogP contribution is -2.28. The van der Waals surface area contributed by atoms with Crippen molar-refractivity contribution in [1.82, 2.24) is 5.32 Å². The second-order valence-corrected chi connectivity index (χ2v) is 4.79. The van der Waals surface area contributed by atoms with Crippen molar-refractivity contribution in [3.05, 3.63) is 18.2 Å². The van der Waals surface area contributed by atoms with Crippen LogP contribution in [-0.2, 0) is 4.79 Å². The van der Waals surface area contributed by atoms with E-state index in [4.69, 9.17) is 14.2 Å². The van der Waals surface area contributed by atoms with E-state index in [-0.39, 0.29) is 5.91 Å². The Balaban J connectivity index is 2.44. The van der Waals surface area contributed by atoms with Gasteiger partial charge in [-0.15, -0.1) is 0 Å². The lowest BCUT2D eigenvalue weighted by molar-refractivity contribution is -0.121. The minimum Gasteiger partial charge on any atom is -0.493 e. The van der Waals surface area contributed by atoms with E-state index in [1.165, 1.54) is 0 Å². The molecule has 0 aliphatic carbocycles. The number of carbonyl (C=O) groups excluding carboxylic acids is 1. The molecule has 0 bridgehead atoms. The topological polar surface area (TPSA) is 56.8 Å². The highest BCUT2D eigenvalue weighted by molar-refractivity contribution is 5.76. The van der Waals surface area contributed by atoms with Crippen LogP contribution < -0.4 is 19.5 Å². The summed E-state index contributed by atoms with van der Waals surface area (Å²) < 4.78 is 16.1. The second-order valence-electron chi connectivity index (χ2n) is 4.79. The van der Waals surface area contributed by atoms with E-state index in [2.05, 4.69) is 5.32 Å². The molecule has 0 aliphatic heterocycles. The summed E-state index contributed by atoms with van der Waals surface area (Å²) in [5.41, 5.74) is 0. The molecule has 5 nitrogen and oxygen atoms in total. The molecule has 0 aliphatic rings. The SMILES string of the molecule is COc1cccc(OCCNC(=O)CC(C)C)c1OC. The molecule has 0 saturated carbocycles. The molecule has 1 rings (SSSR count). The molecule has 0 fully saturated rings. The Morgan fingerprint density at radius 3 is 2.50 bits per heavy atom. The van der Waals surface area contributed by atoms with Crippen LogP contribution in [0, 0.1) is 5.92 Å². The van der Waals surface area contributed by atoms with Crippen LogP contribution in [0.5, 0.6) is 17.2 Å². The van der Waals surface area contributed by atoms with E-state index in [9.17, 15) is 4.79 Å². The Morgan fingerprint density at radius 1 is 1.20 bits per heavy atom. The first kappa shape index (κ1) is 16.1. The summed E-state index contributed by atoms with van der Waals surface area (Å²) in [6.07, 6.45) is 0.530. The zero-order chi connectivity index (χ0) is 15.0. The van der Waals surface area contributed by atoms with Gasteiger partial charge in [0.05, 0.1) is 20.8 Å². The van der Waals surface area contributed by atoms with Crippen molar-refractivity contribution in [2.45, 2.75) is 20.3 Å². The second kappa shape index (κ2) is 8.30. The van der Waals surface area contributed by atoms with Crippen molar-refractivity contribution < 1.29 is 19.0 Å². The molecule has 112 valence electrons. The monoisotopic (exact) mass is 281 g/mol. The fraction of sp³-hybridized carbons (Fsp3) is 0.533. The van der Waals surface area contributed by atoms with Gasteiger partial charge in [0, 0.05) is 6.42 Å². The van der Waals surface area contributed by atoms with E-state index in [0.717, 1.165) is 0 Å². The molecule has 1 N–H and O–H groups in total. The van der Waals surface area contributed by atoms with E-state index >= 15 is 0 Å². The number of methoxy groups -OCH3 is 2. The predicted octanol–water partition coefficient (Wildman–Crippen LogP) is 2.24. The van der Waals surface area contributed by atoms with Crippen molar-refractivity contribution in [2.24, 2.45) is 5.92 Å². The predicted molar refractivity (Wildman–Crippen MR) is 77.5 cm³/mol. The summed E-state index contributed by atoms with van der Waals surface area (Å²) in [4.78, 5) is 11.5. The zero-order valence-corrected chi connectivity index (χ0v) is 12.6. The van der Waals surface area contributed by atoms with Gasteiger partial charge in [0.2, 0.25) is 11.7 Å². The average Bonchev–Trinajstić information content (AvgIpc) is 2.42. The first-order valence-electron chi connectivity index (χ1n) is 6.69.